The zero-order valence-corrected chi connectivity index (χ0v) is 15.9. The number of nitrogens with zero attached hydrogens (tertiary/aromatic N) is 1. The topological polar surface area (TPSA) is 56.3 Å². The number of benzene rings is 2. The molecule has 1 atom stereocenters. The fourth-order valence-electron chi connectivity index (χ4n) is 2.84. The van der Waals surface area contributed by atoms with Crippen molar-refractivity contribution in [2.24, 2.45) is 0 Å². The van der Waals surface area contributed by atoms with Gasteiger partial charge in [0.15, 0.2) is 7.14 Å². The molecule has 136 valence electrons. The van der Waals surface area contributed by atoms with Gasteiger partial charge in [0.05, 0.1) is 6.61 Å². The molecule has 0 amide bonds. The molecule has 5 heteroatoms. The highest BCUT2D eigenvalue weighted by Gasteiger charge is 2.32. The quantitative estimate of drug-likeness (QED) is 0.376. The van der Waals surface area contributed by atoms with Gasteiger partial charge in [-0.15, -0.1) is 0 Å². The Morgan fingerprint density at radius 3 is 2.41 bits per heavy atom. The van der Waals surface area contributed by atoms with Crippen LogP contribution in [-0.4, -0.2) is 17.6 Å². The molecule has 0 saturated heterocycles. The number of carbonyl (C=O) groups excluding carboxylic acids is 1. The summed E-state index contributed by atoms with van der Waals surface area (Å²) in [4.78, 5) is 16.1. The maximum atomic E-state index is 14.4. The van der Waals surface area contributed by atoms with Crippen LogP contribution in [-0.2, 0) is 14.1 Å². The first-order valence-electron chi connectivity index (χ1n) is 8.68. The van der Waals surface area contributed by atoms with Gasteiger partial charge in [0.25, 0.3) is 0 Å². The molecule has 0 radical (unpaired) electrons. The summed E-state index contributed by atoms with van der Waals surface area (Å²) in [5.41, 5.74) is 1.21. The van der Waals surface area contributed by atoms with E-state index in [9.17, 15) is 9.36 Å². The van der Waals surface area contributed by atoms with E-state index in [4.69, 9.17) is 4.74 Å². The minimum absolute atomic E-state index is 0.307. The molecule has 1 aromatic heterocycles. The van der Waals surface area contributed by atoms with Crippen LogP contribution in [0.5, 0.6) is 0 Å². The number of carbonyl (C=O) groups is 1. The number of aromatic nitrogens is 1. The summed E-state index contributed by atoms with van der Waals surface area (Å²) in [6, 6.07) is 22.1. The Morgan fingerprint density at radius 2 is 1.70 bits per heavy atom. The minimum Gasteiger partial charge on any atom is -0.463 e. The number of pyridine rings is 1. The molecule has 3 rings (SSSR count). The number of esters is 1. The highest BCUT2D eigenvalue weighted by atomic mass is 31.2. The average Bonchev–Trinajstić information content (AvgIpc) is 2.73. The Balaban J connectivity index is 2.18. The number of ether oxygens (including phenoxy) is 1. The predicted octanol–water partition coefficient (Wildman–Crippen LogP) is 3.30. The lowest BCUT2D eigenvalue weighted by Crippen LogP contribution is -2.28. The molecule has 1 unspecified atom stereocenters. The molecular weight excluding hydrogens is 357 g/mol. The van der Waals surface area contributed by atoms with Crippen LogP contribution in [0.25, 0.3) is 6.08 Å². The van der Waals surface area contributed by atoms with Gasteiger partial charge in [-0.3, -0.25) is 4.98 Å². The van der Waals surface area contributed by atoms with E-state index in [1.54, 1.807) is 31.3 Å². The first kappa shape index (κ1) is 18.8. The van der Waals surface area contributed by atoms with Crippen molar-refractivity contribution in [1.29, 1.82) is 0 Å². The second-order valence-corrected chi connectivity index (χ2v) is 8.45. The molecule has 3 aromatic rings. The monoisotopic (exact) mass is 377 g/mol. The first-order valence-corrected chi connectivity index (χ1v) is 10.4. The van der Waals surface area contributed by atoms with Crippen molar-refractivity contribution in [3.8, 4) is 0 Å². The van der Waals surface area contributed by atoms with Gasteiger partial charge in [-0.05, 0) is 30.7 Å². The van der Waals surface area contributed by atoms with Crippen molar-refractivity contribution < 1.29 is 14.1 Å². The zero-order valence-electron chi connectivity index (χ0n) is 15.0. The van der Waals surface area contributed by atoms with E-state index in [1.165, 1.54) is 6.08 Å². The van der Waals surface area contributed by atoms with Crippen molar-refractivity contribution >= 4 is 35.2 Å². The second kappa shape index (κ2) is 8.61. The molecule has 0 saturated carbocycles. The molecule has 0 spiro atoms. The smallest absolute Gasteiger partial charge is 0.330 e. The van der Waals surface area contributed by atoms with Crippen molar-refractivity contribution in [3.05, 3.63) is 90.6 Å². The van der Waals surface area contributed by atoms with E-state index in [0.29, 0.717) is 28.2 Å². The highest BCUT2D eigenvalue weighted by molar-refractivity contribution is 7.85. The normalized spacial score (nSPS) is 13.2. The third kappa shape index (κ3) is 4.07. The van der Waals surface area contributed by atoms with E-state index in [2.05, 4.69) is 4.98 Å². The van der Waals surface area contributed by atoms with Crippen LogP contribution in [0, 0.1) is 0 Å². The highest BCUT2D eigenvalue weighted by Crippen LogP contribution is 2.42. The van der Waals surface area contributed by atoms with Gasteiger partial charge in [0.2, 0.25) is 0 Å². The van der Waals surface area contributed by atoms with Gasteiger partial charge < -0.3 is 9.30 Å². The molecule has 0 fully saturated rings. The van der Waals surface area contributed by atoms with Crippen molar-refractivity contribution in [1.82, 2.24) is 4.98 Å². The number of hydrogen-bond acceptors (Lipinski definition) is 4. The number of rotatable bonds is 6. The van der Waals surface area contributed by atoms with Gasteiger partial charge in [-0.2, -0.15) is 0 Å². The summed E-state index contributed by atoms with van der Waals surface area (Å²) in [6.45, 7) is 2.06. The summed E-state index contributed by atoms with van der Waals surface area (Å²) >= 11 is 0. The summed E-state index contributed by atoms with van der Waals surface area (Å²) < 4.78 is 19.3. The molecule has 4 nitrogen and oxygen atoms in total. The lowest BCUT2D eigenvalue weighted by atomic mass is 10.2. The largest absolute Gasteiger partial charge is 0.463 e. The van der Waals surface area contributed by atoms with Crippen LogP contribution in [0.3, 0.4) is 0 Å². The molecule has 0 aliphatic carbocycles. The third-order valence-corrected chi connectivity index (χ3v) is 7.07. The maximum Gasteiger partial charge on any atom is 0.330 e. The van der Waals surface area contributed by atoms with Gasteiger partial charge in [0, 0.05) is 22.9 Å². The molecule has 0 aliphatic heterocycles. The fraction of sp³-hybridized carbons (Fsp3) is 0.0909. The van der Waals surface area contributed by atoms with E-state index >= 15 is 0 Å². The van der Waals surface area contributed by atoms with Crippen LogP contribution >= 0.6 is 7.14 Å². The Bertz CT molecular complexity index is 941. The van der Waals surface area contributed by atoms with E-state index in [-0.39, 0.29) is 0 Å². The molecule has 0 bridgehead atoms. The Labute approximate surface area is 158 Å². The Hall–Kier alpha value is -2.97. The molecular formula is C22H20NO3P. The van der Waals surface area contributed by atoms with Crippen LogP contribution in [0.1, 0.15) is 12.5 Å². The van der Waals surface area contributed by atoms with Crippen LogP contribution < -0.4 is 16.0 Å². The van der Waals surface area contributed by atoms with Gasteiger partial charge in [-0.25, -0.2) is 4.79 Å². The third-order valence-electron chi connectivity index (χ3n) is 4.05. The summed E-state index contributed by atoms with van der Waals surface area (Å²) in [5.74, 6) is -0.431. The van der Waals surface area contributed by atoms with Gasteiger partial charge in [0.1, 0.15) is 5.44 Å². The molecule has 0 N–H and O–H groups in total. The lowest BCUT2D eigenvalue weighted by Gasteiger charge is -2.20. The SMILES string of the molecule is CCOC(=O)C=Cc1ccccc1P(=O)(c1ccccc1)c1ccccn1. The maximum absolute atomic E-state index is 14.4. The molecule has 0 aliphatic rings. The van der Waals surface area contributed by atoms with Crippen molar-refractivity contribution in [2.75, 3.05) is 6.61 Å². The zero-order chi connectivity index (χ0) is 19.1. The lowest BCUT2D eigenvalue weighted by molar-refractivity contribution is -0.137. The van der Waals surface area contributed by atoms with Crippen LogP contribution in [0.2, 0.25) is 0 Å². The van der Waals surface area contributed by atoms with Crippen LogP contribution in [0.4, 0.5) is 0 Å². The Morgan fingerprint density at radius 1 is 1.00 bits per heavy atom. The summed E-state index contributed by atoms with van der Waals surface area (Å²) in [5, 5.41) is 1.33. The summed E-state index contributed by atoms with van der Waals surface area (Å²) in [7, 11) is -3.20. The van der Waals surface area contributed by atoms with Crippen LogP contribution in [0.15, 0.2) is 85.1 Å². The first-order chi connectivity index (χ1) is 13.2. The fourth-order valence-corrected chi connectivity index (χ4v) is 5.55. The van der Waals surface area contributed by atoms with Crippen molar-refractivity contribution in [2.45, 2.75) is 6.92 Å². The predicted molar refractivity (Wildman–Crippen MR) is 109 cm³/mol. The second-order valence-electron chi connectivity index (χ2n) is 5.78. The summed E-state index contributed by atoms with van der Waals surface area (Å²) in [6.07, 6.45) is 4.64. The standard InChI is InChI=1S/C22H20NO3P/c1-2-26-22(24)16-15-18-10-6-7-13-20(18)27(25,19-11-4-3-5-12-19)21-14-8-9-17-23-21/h3-17H,2H2,1H3. The van der Waals surface area contributed by atoms with Gasteiger partial charge >= 0.3 is 5.97 Å². The van der Waals surface area contributed by atoms with E-state index in [0.717, 1.165) is 0 Å². The van der Waals surface area contributed by atoms with E-state index < -0.39 is 13.1 Å². The van der Waals surface area contributed by atoms with E-state index in [1.807, 2.05) is 60.7 Å². The molecule has 2 aromatic carbocycles. The Kier molecular flexibility index (Phi) is 6.00. The number of hydrogen-bond donors (Lipinski definition) is 0. The average molecular weight is 377 g/mol. The molecule has 1 heterocycles. The van der Waals surface area contributed by atoms with Crippen molar-refractivity contribution in [3.63, 3.8) is 0 Å². The van der Waals surface area contributed by atoms with Gasteiger partial charge in [-0.1, -0.05) is 60.7 Å². The minimum atomic E-state index is -3.20. The molecule has 27 heavy (non-hydrogen) atoms.